The second-order valence-electron chi connectivity index (χ2n) is 6.98. The molecule has 2 atom stereocenters. The van der Waals surface area contributed by atoms with E-state index in [9.17, 15) is 14.9 Å². The first-order valence-electron chi connectivity index (χ1n) is 8.67. The predicted octanol–water partition coefficient (Wildman–Crippen LogP) is 3.09. The van der Waals surface area contributed by atoms with Crippen molar-refractivity contribution >= 4 is 11.8 Å². The topological polar surface area (TPSA) is 106 Å². The Hall–Kier alpha value is -2.38. The monoisotopic (exact) mass is 349 g/mol. The number of nitrogens with zero attached hydrogens (tertiary/aromatic N) is 3. The van der Waals surface area contributed by atoms with Gasteiger partial charge >= 0.3 is 6.09 Å². The number of amides is 1. The van der Waals surface area contributed by atoms with Crippen molar-refractivity contribution in [3.05, 3.63) is 27.9 Å². The van der Waals surface area contributed by atoms with Crippen molar-refractivity contribution in [2.45, 2.75) is 32.6 Å². The fourth-order valence-electron chi connectivity index (χ4n) is 3.80. The Balaban J connectivity index is 1.40. The summed E-state index contributed by atoms with van der Waals surface area (Å²) >= 11 is 0. The first kappa shape index (κ1) is 17.4. The number of likely N-dealkylation sites (tertiary alicyclic amines) is 1. The standard InChI is InChI=1S/C17H23N3O5/c1-11-8-14(20(23)24)10-18-16(11)25-7-4-13-9-15(13)12-2-5-19(6-3-12)17(21)22/h8,10,12-13,15H,2-7,9H2,1H3,(H,21,22)/t13-,15-/m1/s1. The van der Waals surface area contributed by atoms with Gasteiger partial charge in [-0.15, -0.1) is 0 Å². The molecule has 1 saturated carbocycles. The molecule has 0 aromatic carbocycles. The van der Waals surface area contributed by atoms with Crippen LogP contribution in [0.4, 0.5) is 10.5 Å². The molecule has 1 aromatic heterocycles. The lowest BCUT2D eigenvalue weighted by molar-refractivity contribution is -0.385. The number of rotatable bonds is 6. The Morgan fingerprint density at radius 2 is 2.20 bits per heavy atom. The maximum atomic E-state index is 10.9. The zero-order chi connectivity index (χ0) is 18.0. The molecule has 0 bridgehead atoms. The average Bonchev–Trinajstić information content (AvgIpc) is 3.35. The maximum absolute atomic E-state index is 10.9. The summed E-state index contributed by atoms with van der Waals surface area (Å²) < 4.78 is 5.69. The molecule has 8 nitrogen and oxygen atoms in total. The summed E-state index contributed by atoms with van der Waals surface area (Å²) in [5.41, 5.74) is 0.641. The van der Waals surface area contributed by atoms with Gasteiger partial charge in [-0.05, 0) is 50.4 Å². The van der Waals surface area contributed by atoms with Crippen LogP contribution in [-0.2, 0) is 0 Å². The van der Waals surface area contributed by atoms with Crippen molar-refractivity contribution < 1.29 is 19.6 Å². The van der Waals surface area contributed by atoms with Crippen molar-refractivity contribution in [1.82, 2.24) is 9.88 Å². The molecule has 136 valence electrons. The summed E-state index contributed by atoms with van der Waals surface area (Å²) in [6.07, 6.45) is 4.45. The summed E-state index contributed by atoms with van der Waals surface area (Å²) in [6, 6.07) is 1.47. The molecule has 1 saturated heterocycles. The van der Waals surface area contributed by atoms with Gasteiger partial charge in [-0.3, -0.25) is 10.1 Å². The molecule has 8 heteroatoms. The van der Waals surface area contributed by atoms with Crippen molar-refractivity contribution in [3.63, 3.8) is 0 Å². The molecule has 1 aliphatic heterocycles. The second-order valence-corrected chi connectivity index (χ2v) is 6.98. The van der Waals surface area contributed by atoms with Crippen LogP contribution in [0.15, 0.2) is 12.3 Å². The molecule has 0 unspecified atom stereocenters. The highest BCUT2D eigenvalue weighted by Crippen LogP contribution is 2.49. The van der Waals surface area contributed by atoms with Gasteiger partial charge in [0, 0.05) is 24.7 Å². The van der Waals surface area contributed by atoms with Gasteiger partial charge < -0.3 is 14.7 Å². The molecular formula is C17H23N3O5. The fourth-order valence-corrected chi connectivity index (χ4v) is 3.80. The largest absolute Gasteiger partial charge is 0.477 e. The number of aromatic nitrogens is 1. The number of nitro groups is 1. The van der Waals surface area contributed by atoms with Crippen LogP contribution in [-0.4, -0.2) is 45.7 Å². The first-order valence-corrected chi connectivity index (χ1v) is 8.67. The summed E-state index contributed by atoms with van der Waals surface area (Å²) in [4.78, 5) is 26.7. The zero-order valence-corrected chi connectivity index (χ0v) is 14.3. The van der Waals surface area contributed by atoms with E-state index < -0.39 is 11.0 Å². The van der Waals surface area contributed by atoms with Crippen LogP contribution < -0.4 is 4.74 Å². The number of ether oxygens (including phenoxy) is 1. The maximum Gasteiger partial charge on any atom is 0.407 e. The minimum atomic E-state index is -0.815. The number of piperidine rings is 1. The molecule has 0 radical (unpaired) electrons. The molecule has 1 aromatic rings. The Morgan fingerprint density at radius 3 is 2.80 bits per heavy atom. The Kier molecular flexibility index (Phi) is 5.06. The molecular weight excluding hydrogens is 326 g/mol. The van der Waals surface area contributed by atoms with E-state index in [-0.39, 0.29) is 5.69 Å². The third-order valence-electron chi connectivity index (χ3n) is 5.35. The first-order chi connectivity index (χ1) is 12.0. The number of carboxylic acid groups (broad SMARTS) is 1. The van der Waals surface area contributed by atoms with E-state index in [0.29, 0.717) is 48.9 Å². The molecule has 2 heterocycles. The number of hydrogen-bond acceptors (Lipinski definition) is 5. The number of carbonyl (C=O) groups is 1. The van der Waals surface area contributed by atoms with Crippen LogP contribution in [0.2, 0.25) is 0 Å². The number of hydrogen-bond donors (Lipinski definition) is 1. The van der Waals surface area contributed by atoms with E-state index in [1.165, 1.54) is 23.6 Å². The van der Waals surface area contributed by atoms with Crippen LogP contribution in [0.1, 0.15) is 31.2 Å². The van der Waals surface area contributed by atoms with Crippen molar-refractivity contribution in [2.24, 2.45) is 17.8 Å². The summed E-state index contributed by atoms with van der Waals surface area (Å²) in [7, 11) is 0. The highest BCUT2D eigenvalue weighted by molar-refractivity contribution is 5.64. The highest BCUT2D eigenvalue weighted by Gasteiger charge is 2.43. The Morgan fingerprint density at radius 1 is 1.48 bits per heavy atom. The van der Waals surface area contributed by atoms with Crippen LogP contribution in [0, 0.1) is 34.8 Å². The van der Waals surface area contributed by atoms with Gasteiger partial charge in [0.25, 0.3) is 5.69 Å². The lowest BCUT2D eigenvalue weighted by Crippen LogP contribution is -2.38. The lowest BCUT2D eigenvalue weighted by atomic mass is 9.91. The van der Waals surface area contributed by atoms with Gasteiger partial charge in [-0.1, -0.05) is 0 Å². The molecule has 3 rings (SSSR count). The number of aryl methyl sites for hydroxylation is 1. The van der Waals surface area contributed by atoms with Crippen LogP contribution in [0.3, 0.4) is 0 Å². The minimum Gasteiger partial charge on any atom is -0.477 e. The predicted molar refractivity (Wildman–Crippen MR) is 89.7 cm³/mol. The minimum absolute atomic E-state index is 0.0280. The smallest absolute Gasteiger partial charge is 0.407 e. The van der Waals surface area contributed by atoms with Gasteiger partial charge in [0.15, 0.2) is 0 Å². The molecule has 1 N–H and O–H groups in total. The lowest BCUT2D eigenvalue weighted by Gasteiger charge is -2.30. The van der Waals surface area contributed by atoms with Crippen LogP contribution >= 0.6 is 0 Å². The molecule has 1 aliphatic carbocycles. The Bertz CT molecular complexity index is 658. The highest BCUT2D eigenvalue weighted by atomic mass is 16.6. The van der Waals surface area contributed by atoms with Gasteiger partial charge in [0.05, 0.1) is 11.5 Å². The fraction of sp³-hybridized carbons (Fsp3) is 0.647. The SMILES string of the molecule is Cc1cc([N+](=O)[O-])cnc1OCC[C@@H]1C[C@@H]1C1CCN(C(=O)O)CC1. The summed E-state index contributed by atoms with van der Waals surface area (Å²) in [5.74, 6) is 2.41. The van der Waals surface area contributed by atoms with Gasteiger partial charge in [0.1, 0.15) is 6.20 Å². The van der Waals surface area contributed by atoms with Crippen molar-refractivity contribution in [2.75, 3.05) is 19.7 Å². The summed E-state index contributed by atoms with van der Waals surface area (Å²) in [6.45, 7) is 3.60. The third kappa shape index (κ3) is 4.18. The van der Waals surface area contributed by atoms with Crippen LogP contribution in [0.25, 0.3) is 0 Å². The second kappa shape index (κ2) is 7.25. The molecule has 25 heavy (non-hydrogen) atoms. The third-order valence-corrected chi connectivity index (χ3v) is 5.35. The normalized spacial score (nSPS) is 23.3. The van der Waals surface area contributed by atoms with Gasteiger partial charge in [-0.25, -0.2) is 9.78 Å². The van der Waals surface area contributed by atoms with Gasteiger partial charge in [0.2, 0.25) is 5.88 Å². The van der Waals surface area contributed by atoms with Crippen LogP contribution in [0.5, 0.6) is 5.88 Å². The Labute approximate surface area is 146 Å². The van der Waals surface area contributed by atoms with E-state index in [4.69, 9.17) is 9.84 Å². The zero-order valence-electron chi connectivity index (χ0n) is 14.3. The average molecular weight is 349 g/mol. The molecule has 0 spiro atoms. The van der Waals surface area contributed by atoms with Crippen molar-refractivity contribution in [1.29, 1.82) is 0 Å². The number of pyridine rings is 1. The molecule has 2 fully saturated rings. The van der Waals surface area contributed by atoms with E-state index >= 15 is 0 Å². The molecule has 1 amide bonds. The molecule has 2 aliphatic rings. The summed E-state index contributed by atoms with van der Waals surface area (Å²) in [5, 5.41) is 19.7. The van der Waals surface area contributed by atoms with E-state index in [1.807, 2.05) is 0 Å². The van der Waals surface area contributed by atoms with E-state index in [1.54, 1.807) is 6.92 Å². The quantitative estimate of drug-likeness (QED) is 0.625. The van der Waals surface area contributed by atoms with Gasteiger partial charge in [-0.2, -0.15) is 0 Å². The van der Waals surface area contributed by atoms with Crippen molar-refractivity contribution in [3.8, 4) is 5.88 Å². The van der Waals surface area contributed by atoms with E-state index in [0.717, 1.165) is 19.3 Å². The van der Waals surface area contributed by atoms with E-state index in [2.05, 4.69) is 4.98 Å².